The van der Waals surface area contributed by atoms with Crippen molar-refractivity contribution in [2.75, 3.05) is 20.3 Å². The number of halogens is 3. The van der Waals surface area contributed by atoms with Crippen molar-refractivity contribution < 1.29 is 22.6 Å². The Morgan fingerprint density at radius 2 is 1.55 bits per heavy atom. The summed E-state index contributed by atoms with van der Waals surface area (Å²) in [6, 6.07) is 4.69. The van der Waals surface area contributed by atoms with E-state index < -0.39 is 18.0 Å². The predicted octanol–water partition coefficient (Wildman–Crippen LogP) is 3.37. The molecule has 1 rings (SSSR count). The first-order valence-electron chi connectivity index (χ1n) is 6.51. The second-order valence-corrected chi connectivity index (χ2v) is 4.17. The second kappa shape index (κ2) is 7.61. The number of alkyl halides is 3. The number of ether oxygens (including phenoxy) is 2. The average Bonchev–Trinajstić information content (AvgIpc) is 2.39. The fraction of sp³-hybridized carbons (Fsp3) is 0.571. The van der Waals surface area contributed by atoms with Gasteiger partial charge < -0.3 is 14.8 Å². The van der Waals surface area contributed by atoms with E-state index in [0.717, 1.165) is 12.1 Å². The summed E-state index contributed by atoms with van der Waals surface area (Å²) in [5, 5.41) is 3.02. The molecule has 0 heterocycles. The van der Waals surface area contributed by atoms with Crippen molar-refractivity contribution in [2.45, 2.75) is 32.4 Å². The first-order valence-corrected chi connectivity index (χ1v) is 6.51. The molecule has 1 aromatic carbocycles. The van der Waals surface area contributed by atoms with Crippen molar-refractivity contribution in [1.29, 1.82) is 0 Å². The highest BCUT2D eigenvalue weighted by molar-refractivity contribution is 5.27. The van der Waals surface area contributed by atoms with Gasteiger partial charge in [-0.3, -0.25) is 0 Å². The Hall–Kier alpha value is -1.11. The lowest BCUT2D eigenvalue weighted by Gasteiger charge is -2.27. The summed E-state index contributed by atoms with van der Waals surface area (Å²) in [7, 11) is 1.72. The van der Waals surface area contributed by atoms with Crippen LogP contribution in [0, 0.1) is 0 Å². The van der Waals surface area contributed by atoms with E-state index in [2.05, 4.69) is 5.32 Å². The van der Waals surface area contributed by atoms with E-state index in [9.17, 15) is 13.2 Å². The maximum Gasteiger partial charge on any atom is 0.416 e. The molecule has 1 N–H and O–H groups in total. The maximum absolute atomic E-state index is 12.5. The van der Waals surface area contributed by atoms with Gasteiger partial charge in [-0.1, -0.05) is 12.1 Å². The lowest BCUT2D eigenvalue weighted by atomic mass is 10.0. The molecule has 0 aliphatic rings. The summed E-state index contributed by atoms with van der Waals surface area (Å²) < 4.78 is 48.6. The zero-order chi connectivity index (χ0) is 15.2. The molecule has 0 saturated heterocycles. The predicted molar refractivity (Wildman–Crippen MR) is 70.3 cm³/mol. The van der Waals surface area contributed by atoms with Gasteiger partial charge in [-0.2, -0.15) is 13.2 Å². The lowest BCUT2D eigenvalue weighted by Crippen LogP contribution is -2.34. The van der Waals surface area contributed by atoms with Gasteiger partial charge in [0, 0.05) is 13.2 Å². The molecule has 1 aromatic rings. The van der Waals surface area contributed by atoms with Crippen LogP contribution in [0.1, 0.15) is 31.0 Å². The van der Waals surface area contributed by atoms with Gasteiger partial charge in [0.15, 0.2) is 6.29 Å². The van der Waals surface area contributed by atoms with Crippen LogP contribution in [0.5, 0.6) is 0 Å². The summed E-state index contributed by atoms with van der Waals surface area (Å²) in [4.78, 5) is 0. The fourth-order valence-electron chi connectivity index (χ4n) is 1.91. The van der Waals surface area contributed by atoms with Gasteiger partial charge in [-0.15, -0.1) is 0 Å². The zero-order valence-corrected chi connectivity index (χ0v) is 11.8. The van der Waals surface area contributed by atoms with E-state index in [1.165, 1.54) is 12.1 Å². The van der Waals surface area contributed by atoms with Crippen molar-refractivity contribution in [2.24, 2.45) is 0 Å². The topological polar surface area (TPSA) is 30.5 Å². The molecule has 0 fully saturated rings. The van der Waals surface area contributed by atoms with Gasteiger partial charge in [0.05, 0.1) is 11.6 Å². The highest BCUT2D eigenvalue weighted by Crippen LogP contribution is 2.30. The smallest absolute Gasteiger partial charge is 0.351 e. The highest BCUT2D eigenvalue weighted by atomic mass is 19.4. The van der Waals surface area contributed by atoms with Gasteiger partial charge in [0.2, 0.25) is 0 Å². The molecule has 1 atom stereocenters. The molecule has 0 saturated carbocycles. The third kappa shape index (κ3) is 4.47. The minimum Gasteiger partial charge on any atom is -0.351 e. The minimum absolute atomic E-state index is 0.322. The van der Waals surface area contributed by atoms with Crippen molar-refractivity contribution in [3.8, 4) is 0 Å². The van der Waals surface area contributed by atoms with Crippen molar-refractivity contribution in [3.63, 3.8) is 0 Å². The van der Waals surface area contributed by atoms with E-state index in [1.807, 2.05) is 13.8 Å². The Kier molecular flexibility index (Phi) is 6.45. The van der Waals surface area contributed by atoms with Gasteiger partial charge in [-0.05, 0) is 38.6 Å². The van der Waals surface area contributed by atoms with Crippen LogP contribution in [0.2, 0.25) is 0 Å². The highest BCUT2D eigenvalue weighted by Gasteiger charge is 2.31. The molecular weight excluding hydrogens is 271 g/mol. The van der Waals surface area contributed by atoms with Crippen LogP contribution in [-0.2, 0) is 15.7 Å². The van der Waals surface area contributed by atoms with Crippen LogP contribution < -0.4 is 5.32 Å². The summed E-state index contributed by atoms with van der Waals surface area (Å²) in [5.41, 5.74) is 0.0212. The molecular formula is C14H20F3NO2. The maximum atomic E-state index is 12.5. The number of likely N-dealkylation sites (N-methyl/N-ethyl adjacent to an activating group) is 1. The number of benzene rings is 1. The van der Waals surface area contributed by atoms with Crippen LogP contribution in [0.3, 0.4) is 0 Å². The molecule has 6 heteroatoms. The van der Waals surface area contributed by atoms with Crippen molar-refractivity contribution in [1.82, 2.24) is 5.32 Å². The van der Waals surface area contributed by atoms with Crippen LogP contribution in [-0.4, -0.2) is 26.6 Å². The number of rotatable bonds is 7. The number of hydrogen-bond donors (Lipinski definition) is 1. The van der Waals surface area contributed by atoms with Crippen LogP contribution >= 0.6 is 0 Å². The summed E-state index contributed by atoms with van der Waals surface area (Å²) >= 11 is 0. The van der Waals surface area contributed by atoms with E-state index in [0.29, 0.717) is 18.8 Å². The van der Waals surface area contributed by atoms with E-state index in [1.54, 1.807) is 7.05 Å². The van der Waals surface area contributed by atoms with Gasteiger partial charge in [0.25, 0.3) is 0 Å². The molecule has 1 unspecified atom stereocenters. The molecule has 20 heavy (non-hydrogen) atoms. The van der Waals surface area contributed by atoms with Crippen LogP contribution in [0.4, 0.5) is 13.2 Å². The molecule has 3 nitrogen and oxygen atoms in total. The average molecular weight is 291 g/mol. The summed E-state index contributed by atoms with van der Waals surface area (Å²) in [6.45, 7) is 4.60. The molecule has 0 bridgehead atoms. The van der Waals surface area contributed by atoms with Crippen LogP contribution in [0.15, 0.2) is 24.3 Å². The lowest BCUT2D eigenvalue weighted by molar-refractivity contribution is -0.154. The van der Waals surface area contributed by atoms with Gasteiger partial charge in [0.1, 0.15) is 0 Å². The number of hydrogen-bond acceptors (Lipinski definition) is 3. The third-order valence-corrected chi connectivity index (χ3v) is 2.84. The Morgan fingerprint density at radius 3 is 1.90 bits per heavy atom. The Balaban J connectivity index is 2.93. The standard InChI is InChI=1S/C14H20F3NO2/c1-4-19-13(20-5-2)12(18-3)10-6-8-11(9-7-10)14(15,16)17/h6-9,12-13,18H,4-5H2,1-3H3. The fourth-order valence-corrected chi connectivity index (χ4v) is 1.91. The molecule has 0 amide bonds. The molecule has 0 radical (unpaired) electrons. The van der Waals surface area contributed by atoms with Gasteiger partial charge in [-0.25, -0.2) is 0 Å². The normalized spacial score (nSPS) is 13.8. The molecule has 0 aliphatic carbocycles. The zero-order valence-electron chi connectivity index (χ0n) is 11.8. The van der Waals surface area contributed by atoms with E-state index in [4.69, 9.17) is 9.47 Å². The third-order valence-electron chi connectivity index (χ3n) is 2.84. The van der Waals surface area contributed by atoms with Crippen molar-refractivity contribution >= 4 is 0 Å². The Morgan fingerprint density at radius 1 is 1.05 bits per heavy atom. The first-order chi connectivity index (χ1) is 9.43. The Bertz CT molecular complexity index is 386. The Labute approximate surface area is 117 Å². The summed E-state index contributed by atoms with van der Waals surface area (Å²) in [6.07, 6.45) is -4.86. The molecule has 0 aliphatic heterocycles. The molecule has 114 valence electrons. The minimum atomic E-state index is -4.33. The van der Waals surface area contributed by atoms with Crippen LogP contribution in [0.25, 0.3) is 0 Å². The monoisotopic (exact) mass is 291 g/mol. The quantitative estimate of drug-likeness (QED) is 0.781. The first kappa shape index (κ1) is 16.9. The largest absolute Gasteiger partial charge is 0.416 e. The molecule has 0 aromatic heterocycles. The van der Waals surface area contributed by atoms with Gasteiger partial charge >= 0.3 is 6.18 Å². The number of nitrogens with one attached hydrogen (secondary N) is 1. The summed E-state index contributed by atoms with van der Waals surface area (Å²) in [5.74, 6) is 0. The second-order valence-electron chi connectivity index (χ2n) is 4.17. The molecule has 0 spiro atoms. The van der Waals surface area contributed by atoms with E-state index >= 15 is 0 Å². The van der Waals surface area contributed by atoms with E-state index in [-0.39, 0.29) is 6.04 Å². The SMILES string of the molecule is CCOC(OCC)C(NC)c1ccc(C(F)(F)F)cc1. The van der Waals surface area contributed by atoms with Crippen molar-refractivity contribution in [3.05, 3.63) is 35.4 Å².